The van der Waals surface area contributed by atoms with E-state index in [1.165, 1.54) is 37.2 Å². The molecule has 5 saturated carbocycles. The number of aromatic nitrogens is 2. The fourth-order valence-corrected chi connectivity index (χ4v) is 8.16. The van der Waals surface area contributed by atoms with E-state index in [0.29, 0.717) is 54.6 Å². The number of nitrogens with zero attached hydrogens (tertiary/aromatic N) is 3. The SMILES string of the molecule is N#Cc1cnc(NCc2ccccc2OC(F)(F)F)nc1NC[C@@]12CC3C[C@H](C1)[C@@H](NC1CCC(F)(F)CC1)[C@@H](C3)C2. The predicted octanol–water partition coefficient (Wildman–Crippen LogP) is 6.63. The number of hydrogen-bond donors (Lipinski definition) is 3. The van der Waals surface area contributed by atoms with Gasteiger partial charge in [-0.1, -0.05) is 18.2 Å². The van der Waals surface area contributed by atoms with Crippen LogP contribution < -0.4 is 20.7 Å². The van der Waals surface area contributed by atoms with Crippen molar-refractivity contribution in [3.05, 3.63) is 41.6 Å². The molecule has 0 radical (unpaired) electrons. The van der Waals surface area contributed by atoms with Crippen molar-refractivity contribution in [2.75, 3.05) is 17.2 Å². The van der Waals surface area contributed by atoms with Gasteiger partial charge in [0, 0.05) is 43.6 Å². The van der Waals surface area contributed by atoms with E-state index in [9.17, 15) is 27.2 Å². The highest BCUT2D eigenvalue weighted by molar-refractivity contribution is 5.53. The van der Waals surface area contributed by atoms with E-state index < -0.39 is 12.3 Å². The summed E-state index contributed by atoms with van der Waals surface area (Å²) >= 11 is 0. The molecule has 1 unspecified atom stereocenters. The summed E-state index contributed by atoms with van der Waals surface area (Å²) in [6.07, 6.45) is 3.13. The summed E-state index contributed by atoms with van der Waals surface area (Å²) in [6, 6.07) is 8.51. The zero-order chi connectivity index (χ0) is 29.5. The lowest BCUT2D eigenvalue weighted by atomic mass is 9.47. The largest absolute Gasteiger partial charge is 0.573 e. The van der Waals surface area contributed by atoms with E-state index in [2.05, 4.69) is 36.7 Å². The first-order valence-corrected chi connectivity index (χ1v) is 14.7. The lowest BCUT2D eigenvalue weighted by Gasteiger charge is -2.61. The predicted molar refractivity (Wildman–Crippen MR) is 146 cm³/mol. The molecule has 7 nitrogen and oxygen atoms in total. The molecule has 1 aromatic carbocycles. The Labute approximate surface area is 241 Å². The Bertz CT molecular complexity index is 1300. The van der Waals surface area contributed by atoms with Crippen LogP contribution in [0.25, 0.3) is 0 Å². The van der Waals surface area contributed by atoms with Gasteiger partial charge in [0.05, 0.1) is 6.20 Å². The van der Waals surface area contributed by atoms with Gasteiger partial charge in [0.2, 0.25) is 11.9 Å². The molecule has 0 spiro atoms. The Hall–Kier alpha value is -3.20. The molecule has 3 N–H and O–H groups in total. The number of halogens is 5. The van der Waals surface area contributed by atoms with Crippen molar-refractivity contribution >= 4 is 11.8 Å². The van der Waals surface area contributed by atoms with Crippen molar-refractivity contribution in [1.29, 1.82) is 5.26 Å². The molecule has 226 valence electrons. The summed E-state index contributed by atoms with van der Waals surface area (Å²) in [7, 11) is 0. The van der Waals surface area contributed by atoms with Gasteiger partial charge < -0.3 is 20.7 Å². The molecule has 0 amide bonds. The second-order valence-electron chi connectivity index (χ2n) is 12.7. The number of ether oxygens (including phenoxy) is 1. The molecular weight excluding hydrogens is 555 g/mol. The summed E-state index contributed by atoms with van der Waals surface area (Å²) in [5.41, 5.74) is 0.656. The van der Waals surface area contributed by atoms with E-state index >= 15 is 0 Å². The van der Waals surface area contributed by atoms with E-state index in [1.807, 2.05) is 0 Å². The lowest BCUT2D eigenvalue weighted by Crippen LogP contribution is -2.61. The summed E-state index contributed by atoms with van der Waals surface area (Å²) in [5.74, 6) is -0.581. The number of anilines is 2. The smallest absolute Gasteiger partial charge is 0.405 e. The Balaban J connectivity index is 1.09. The van der Waals surface area contributed by atoms with Crippen LogP contribution in [0, 0.1) is 34.5 Å². The van der Waals surface area contributed by atoms with Crippen LogP contribution in [0.4, 0.5) is 33.7 Å². The van der Waals surface area contributed by atoms with Crippen LogP contribution in [0.1, 0.15) is 68.9 Å². The van der Waals surface area contributed by atoms with E-state index in [4.69, 9.17) is 0 Å². The molecule has 1 aromatic heterocycles. The average molecular weight is 591 g/mol. The van der Waals surface area contributed by atoms with Crippen LogP contribution in [-0.4, -0.2) is 40.9 Å². The number of benzene rings is 1. The van der Waals surface area contributed by atoms with E-state index in [0.717, 1.165) is 19.3 Å². The van der Waals surface area contributed by atoms with Crippen molar-refractivity contribution in [1.82, 2.24) is 15.3 Å². The molecule has 5 aliphatic carbocycles. The van der Waals surface area contributed by atoms with Gasteiger partial charge in [-0.3, -0.25) is 0 Å². The molecule has 12 heteroatoms. The van der Waals surface area contributed by atoms with Gasteiger partial charge in [-0.05, 0) is 74.2 Å². The van der Waals surface area contributed by atoms with Crippen LogP contribution in [0.5, 0.6) is 5.75 Å². The van der Waals surface area contributed by atoms with Gasteiger partial charge in [-0.15, -0.1) is 13.2 Å². The van der Waals surface area contributed by atoms with Crippen LogP contribution in [0.2, 0.25) is 0 Å². The topological polar surface area (TPSA) is 94.9 Å². The molecule has 5 atom stereocenters. The number of hydrogen-bond acceptors (Lipinski definition) is 7. The third kappa shape index (κ3) is 6.41. The summed E-state index contributed by atoms with van der Waals surface area (Å²) in [6.45, 7) is 0.659. The highest BCUT2D eigenvalue weighted by Crippen LogP contribution is 2.60. The van der Waals surface area contributed by atoms with Crippen LogP contribution in [0.15, 0.2) is 30.5 Å². The van der Waals surface area contributed by atoms with Crippen LogP contribution >= 0.6 is 0 Å². The van der Waals surface area contributed by atoms with Gasteiger partial charge in [0.15, 0.2) is 0 Å². The Kier molecular flexibility index (Phi) is 7.66. The molecule has 4 bridgehead atoms. The Morgan fingerprint density at radius 3 is 2.43 bits per heavy atom. The third-order valence-corrected chi connectivity index (χ3v) is 9.72. The van der Waals surface area contributed by atoms with E-state index in [1.54, 1.807) is 6.07 Å². The molecule has 2 aromatic rings. The zero-order valence-corrected chi connectivity index (χ0v) is 23.2. The monoisotopic (exact) mass is 590 g/mol. The second-order valence-corrected chi connectivity index (χ2v) is 12.7. The third-order valence-electron chi connectivity index (χ3n) is 9.72. The van der Waals surface area contributed by atoms with Crippen LogP contribution in [-0.2, 0) is 6.54 Å². The molecule has 0 saturated heterocycles. The number of alkyl halides is 5. The maximum absolute atomic E-state index is 13.7. The summed E-state index contributed by atoms with van der Waals surface area (Å²) in [5, 5.41) is 19.8. The minimum Gasteiger partial charge on any atom is -0.405 e. The molecule has 5 aliphatic rings. The molecule has 42 heavy (non-hydrogen) atoms. The maximum Gasteiger partial charge on any atom is 0.573 e. The fourth-order valence-electron chi connectivity index (χ4n) is 8.16. The number of nitriles is 1. The lowest BCUT2D eigenvalue weighted by molar-refractivity contribution is -0.274. The van der Waals surface area contributed by atoms with E-state index in [-0.39, 0.29) is 48.1 Å². The minimum absolute atomic E-state index is 0.000401. The standard InChI is InChI=1S/C30H35F5N6O/c31-29(32)7-5-23(6-8-29)40-25-20-9-18-10-21(25)13-28(11-18,12-20)17-39-26-22(14-36)16-38-27(41-26)37-15-19-3-1-2-4-24(19)42-30(33,34)35/h1-4,16,18,20-21,23,25,40H,5-13,15,17H2,(H2,37,38,39,41)/t18?,20-,21+,25-,28+. The van der Waals surface area contributed by atoms with Gasteiger partial charge in [-0.25, -0.2) is 13.8 Å². The zero-order valence-electron chi connectivity index (χ0n) is 23.2. The molecule has 5 fully saturated rings. The Morgan fingerprint density at radius 1 is 1.02 bits per heavy atom. The first-order chi connectivity index (χ1) is 20.0. The molecule has 7 rings (SSSR count). The number of para-hydroxylation sites is 1. The van der Waals surface area contributed by atoms with Crippen molar-refractivity contribution in [3.63, 3.8) is 0 Å². The van der Waals surface area contributed by atoms with Crippen molar-refractivity contribution in [2.45, 2.75) is 88.7 Å². The van der Waals surface area contributed by atoms with Crippen molar-refractivity contribution in [3.8, 4) is 11.8 Å². The second kappa shape index (κ2) is 11.1. The van der Waals surface area contributed by atoms with Crippen molar-refractivity contribution < 1.29 is 26.7 Å². The van der Waals surface area contributed by atoms with Gasteiger partial charge in [0.1, 0.15) is 23.2 Å². The minimum atomic E-state index is -4.81. The highest BCUT2D eigenvalue weighted by atomic mass is 19.4. The van der Waals surface area contributed by atoms with Gasteiger partial charge in [-0.2, -0.15) is 10.2 Å². The van der Waals surface area contributed by atoms with Gasteiger partial charge >= 0.3 is 6.36 Å². The highest BCUT2D eigenvalue weighted by Gasteiger charge is 2.55. The first kappa shape index (κ1) is 28.9. The summed E-state index contributed by atoms with van der Waals surface area (Å²) < 4.78 is 69.9. The van der Waals surface area contributed by atoms with Crippen molar-refractivity contribution in [2.24, 2.45) is 23.2 Å². The Morgan fingerprint density at radius 2 is 1.74 bits per heavy atom. The summed E-state index contributed by atoms with van der Waals surface area (Å²) in [4.78, 5) is 8.67. The molecule has 0 aliphatic heterocycles. The number of rotatable bonds is 9. The normalized spacial score (nSPS) is 30.1. The quantitative estimate of drug-likeness (QED) is 0.282. The number of nitrogens with one attached hydrogen (secondary N) is 3. The first-order valence-electron chi connectivity index (χ1n) is 14.7. The van der Waals surface area contributed by atoms with Gasteiger partial charge in [0.25, 0.3) is 0 Å². The molecular formula is C30H35F5N6O. The molecule has 1 heterocycles. The fraction of sp³-hybridized carbons (Fsp3) is 0.633. The average Bonchev–Trinajstić information content (AvgIpc) is 2.93. The maximum atomic E-state index is 13.7. The van der Waals surface area contributed by atoms with Crippen LogP contribution in [0.3, 0.4) is 0 Å².